The molecular formula is C14H14O2. The van der Waals surface area contributed by atoms with E-state index >= 15 is 0 Å². The lowest BCUT2D eigenvalue weighted by Crippen LogP contribution is -2.08. The van der Waals surface area contributed by atoms with Crippen LogP contribution in [0.1, 0.15) is 12.5 Å². The van der Waals surface area contributed by atoms with Gasteiger partial charge < -0.3 is 4.74 Å². The highest BCUT2D eigenvalue weighted by Crippen LogP contribution is 2.29. The molecule has 0 radical (unpaired) electrons. The van der Waals surface area contributed by atoms with E-state index in [1.165, 1.54) is 0 Å². The SMILES string of the molecule is C=C[C@@H]1/C(=C/c2ccccc2)C(=O)O[C@H]1C. The predicted octanol–water partition coefficient (Wildman–Crippen LogP) is 2.82. The topological polar surface area (TPSA) is 26.3 Å². The Balaban J connectivity index is 2.36. The summed E-state index contributed by atoms with van der Waals surface area (Å²) in [6, 6.07) is 9.76. The van der Waals surface area contributed by atoms with Gasteiger partial charge >= 0.3 is 5.97 Å². The van der Waals surface area contributed by atoms with Crippen LogP contribution in [0.4, 0.5) is 0 Å². The summed E-state index contributed by atoms with van der Waals surface area (Å²) in [6.07, 6.45) is 3.53. The second-order valence-electron chi connectivity index (χ2n) is 3.88. The Labute approximate surface area is 95.2 Å². The quantitative estimate of drug-likeness (QED) is 0.430. The monoisotopic (exact) mass is 214 g/mol. The van der Waals surface area contributed by atoms with E-state index in [0.29, 0.717) is 5.57 Å². The Morgan fingerprint density at radius 3 is 2.62 bits per heavy atom. The number of rotatable bonds is 2. The second kappa shape index (κ2) is 4.35. The molecule has 0 aromatic heterocycles. The number of cyclic esters (lactones) is 1. The number of hydrogen-bond acceptors (Lipinski definition) is 2. The molecule has 1 saturated heterocycles. The van der Waals surface area contributed by atoms with Crippen LogP contribution in [-0.2, 0) is 9.53 Å². The molecule has 2 atom stereocenters. The third-order valence-electron chi connectivity index (χ3n) is 2.77. The maximum Gasteiger partial charge on any atom is 0.335 e. The summed E-state index contributed by atoms with van der Waals surface area (Å²) in [5.74, 6) is -0.242. The van der Waals surface area contributed by atoms with E-state index in [1.54, 1.807) is 6.08 Å². The number of benzene rings is 1. The average Bonchev–Trinajstić information content (AvgIpc) is 2.55. The lowest BCUT2D eigenvalue weighted by atomic mass is 9.95. The molecule has 1 aromatic carbocycles. The zero-order chi connectivity index (χ0) is 11.5. The largest absolute Gasteiger partial charge is 0.458 e. The molecular weight excluding hydrogens is 200 g/mol. The summed E-state index contributed by atoms with van der Waals surface area (Å²) < 4.78 is 5.17. The lowest BCUT2D eigenvalue weighted by Gasteiger charge is -2.06. The Bertz CT molecular complexity index is 431. The van der Waals surface area contributed by atoms with Crippen molar-refractivity contribution >= 4 is 12.0 Å². The summed E-state index contributed by atoms with van der Waals surface area (Å²) in [6.45, 7) is 5.63. The highest BCUT2D eigenvalue weighted by atomic mass is 16.5. The molecule has 2 rings (SSSR count). The smallest absolute Gasteiger partial charge is 0.335 e. The fourth-order valence-corrected chi connectivity index (χ4v) is 1.90. The van der Waals surface area contributed by atoms with E-state index < -0.39 is 0 Å². The zero-order valence-electron chi connectivity index (χ0n) is 9.22. The Hall–Kier alpha value is -1.83. The van der Waals surface area contributed by atoms with Crippen LogP contribution < -0.4 is 0 Å². The zero-order valence-corrected chi connectivity index (χ0v) is 9.22. The molecule has 16 heavy (non-hydrogen) atoms. The fourth-order valence-electron chi connectivity index (χ4n) is 1.90. The lowest BCUT2D eigenvalue weighted by molar-refractivity contribution is -0.138. The standard InChI is InChI=1S/C14H14O2/c1-3-12-10(2)16-14(15)13(12)9-11-7-5-4-6-8-11/h3-10,12H,1H2,2H3/b13-9-/t10-,12-/m0/s1. The molecule has 2 nitrogen and oxygen atoms in total. The average molecular weight is 214 g/mol. The molecule has 1 fully saturated rings. The maximum absolute atomic E-state index is 11.6. The van der Waals surface area contributed by atoms with E-state index in [-0.39, 0.29) is 18.0 Å². The number of esters is 1. The van der Waals surface area contributed by atoms with Gasteiger partial charge in [0.1, 0.15) is 6.10 Å². The minimum atomic E-state index is -0.235. The van der Waals surface area contributed by atoms with Crippen molar-refractivity contribution in [3.8, 4) is 0 Å². The van der Waals surface area contributed by atoms with E-state index in [0.717, 1.165) is 5.56 Å². The highest BCUT2D eigenvalue weighted by molar-refractivity contribution is 5.96. The van der Waals surface area contributed by atoms with E-state index in [9.17, 15) is 4.79 Å². The summed E-state index contributed by atoms with van der Waals surface area (Å²) in [5.41, 5.74) is 1.70. The molecule has 1 aliphatic rings. The third-order valence-corrected chi connectivity index (χ3v) is 2.77. The van der Waals surface area contributed by atoms with E-state index in [2.05, 4.69) is 6.58 Å². The third kappa shape index (κ3) is 1.91. The molecule has 82 valence electrons. The molecule has 1 heterocycles. The molecule has 0 saturated carbocycles. The van der Waals surface area contributed by atoms with Gasteiger partial charge in [0.25, 0.3) is 0 Å². The van der Waals surface area contributed by atoms with Gasteiger partial charge in [-0.15, -0.1) is 6.58 Å². The Morgan fingerprint density at radius 2 is 2.00 bits per heavy atom. The molecule has 1 aromatic rings. The van der Waals surface area contributed by atoms with Gasteiger partial charge in [-0.2, -0.15) is 0 Å². The second-order valence-corrected chi connectivity index (χ2v) is 3.88. The van der Waals surface area contributed by atoms with Crippen molar-refractivity contribution in [3.63, 3.8) is 0 Å². The van der Waals surface area contributed by atoms with Crippen LogP contribution in [0.5, 0.6) is 0 Å². The molecule has 0 N–H and O–H groups in total. The maximum atomic E-state index is 11.6. The van der Waals surface area contributed by atoms with Crippen molar-refractivity contribution in [1.82, 2.24) is 0 Å². The minimum Gasteiger partial charge on any atom is -0.458 e. The van der Waals surface area contributed by atoms with Crippen LogP contribution in [0.25, 0.3) is 6.08 Å². The number of hydrogen-bond donors (Lipinski definition) is 0. The van der Waals surface area contributed by atoms with Crippen LogP contribution in [0.15, 0.2) is 48.6 Å². The van der Waals surface area contributed by atoms with Crippen LogP contribution in [0.2, 0.25) is 0 Å². The fraction of sp³-hybridized carbons (Fsp3) is 0.214. The molecule has 0 spiro atoms. The molecule has 1 aliphatic heterocycles. The summed E-state index contributed by atoms with van der Waals surface area (Å²) in [4.78, 5) is 11.6. The van der Waals surface area contributed by atoms with Gasteiger partial charge in [0.15, 0.2) is 0 Å². The van der Waals surface area contributed by atoms with Crippen molar-refractivity contribution in [2.45, 2.75) is 13.0 Å². The predicted molar refractivity (Wildman–Crippen MR) is 63.7 cm³/mol. The van der Waals surface area contributed by atoms with Crippen molar-refractivity contribution in [1.29, 1.82) is 0 Å². The number of ether oxygens (including phenoxy) is 1. The first-order valence-corrected chi connectivity index (χ1v) is 5.32. The molecule has 2 heteroatoms. The van der Waals surface area contributed by atoms with Gasteiger partial charge in [0.2, 0.25) is 0 Å². The Kier molecular flexibility index (Phi) is 2.91. The van der Waals surface area contributed by atoms with Crippen LogP contribution >= 0.6 is 0 Å². The van der Waals surface area contributed by atoms with Gasteiger partial charge in [-0.05, 0) is 18.6 Å². The first-order valence-electron chi connectivity index (χ1n) is 5.32. The number of carbonyl (C=O) groups is 1. The van der Waals surface area contributed by atoms with Gasteiger partial charge in [0.05, 0.1) is 0 Å². The molecule has 0 aliphatic carbocycles. The molecule has 0 unspecified atom stereocenters. The van der Waals surface area contributed by atoms with Crippen molar-refractivity contribution in [3.05, 3.63) is 54.1 Å². The highest BCUT2D eigenvalue weighted by Gasteiger charge is 2.34. The van der Waals surface area contributed by atoms with Crippen LogP contribution in [0, 0.1) is 5.92 Å². The minimum absolute atomic E-state index is 0.00675. The first-order chi connectivity index (χ1) is 7.72. The normalized spacial score (nSPS) is 26.8. The van der Waals surface area contributed by atoms with Crippen LogP contribution in [0.3, 0.4) is 0 Å². The van der Waals surface area contributed by atoms with Crippen molar-refractivity contribution < 1.29 is 9.53 Å². The van der Waals surface area contributed by atoms with Gasteiger partial charge in [-0.1, -0.05) is 36.4 Å². The summed E-state index contributed by atoms with van der Waals surface area (Å²) in [7, 11) is 0. The van der Waals surface area contributed by atoms with Gasteiger partial charge in [0, 0.05) is 11.5 Å². The first kappa shape index (κ1) is 10.7. The van der Waals surface area contributed by atoms with Gasteiger partial charge in [-0.25, -0.2) is 4.79 Å². The van der Waals surface area contributed by atoms with E-state index in [1.807, 2.05) is 43.3 Å². The van der Waals surface area contributed by atoms with E-state index in [4.69, 9.17) is 4.74 Å². The number of carbonyl (C=O) groups excluding carboxylic acids is 1. The summed E-state index contributed by atoms with van der Waals surface area (Å²) in [5, 5.41) is 0. The Morgan fingerprint density at radius 1 is 1.31 bits per heavy atom. The molecule has 0 bridgehead atoms. The van der Waals surface area contributed by atoms with Crippen LogP contribution in [-0.4, -0.2) is 12.1 Å². The molecule has 0 amide bonds. The summed E-state index contributed by atoms with van der Waals surface area (Å²) >= 11 is 0. The van der Waals surface area contributed by atoms with Crippen molar-refractivity contribution in [2.24, 2.45) is 5.92 Å². The van der Waals surface area contributed by atoms with Gasteiger partial charge in [-0.3, -0.25) is 0 Å². The van der Waals surface area contributed by atoms with Crippen molar-refractivity contribution in [2.75, 3.05) is 0 Å².